The van der Waals surface area contributed by atoms with Crippen molar-refractivity contribution in [2.75, 3.05) is 23.9 Å². The second-order valence-corrected chi connectivity index (χ2v) is 9.90. The number of anilines is 2. The summed E-state index contributed by atoms with van der Waals surface area (Å²) in [5.74, 6) is -2.69. The number of aryl methyl sites for hydroxylation is 2. The van der Waals surface area contributed by atoms with Gasteiger partial charge in [-0.05, 0) is 43.9 Å². The lowest BCUT2D eigenvalue weighted by atomic mass is 9.75. The first-order chi connectivity index (χ1) is 17.3. The SMILES string of the molecule is CCc1cccc2c1NC(=O)[C@@]21[C@H]2C(=O)N(c3cc(OC)c([N+](=O)[O-])cc3C)C(=O)[C@@H]2[C@H]2CCCN21. The number of imide groups is 1. The third-order valence-corrected chi connectivity index (χ3v) is 8.43. The monoisotopic (exact) mass is 490 g/mol. The van der Waals surface area contributed by atoms with Crippen LogP contribution in [0.5, 0.6) is 5.75 Å². The van der Waals surface area contributed by atoms with Crippen molar-refractivity contribution in [1.82, 2.24) is 4.90 Å². The molecule has 4 aliphatic rings. The Labute approximate surface area is 207 Å². The number of nitro benzene ring substituents is 1. The average molecular weight is 491 g/mol. The maximum Gasteiger partial charge on any atom is 0.311 e. The second-order valence-electron chi connectivity index (χ2n) is 9.90. The number of nitrogens with one attached hydrogen (secondary N) is 1. The van der Waals surface area contributed by atoms with Gasteiger partial charge in [-0.15, -0.1) is 0 Å². The van der Waals surface area contributed by atoms with Crippen molar-refractivity contribution >= 4 is 34.8 Å². The zero-order valence-electron chi connectivity index (χ0n) is 20.2. The minimum Gasteiger partial charge on any atom is -0.490 e. The number of methoxy groups -OCH3 is 1. The molecule has 4 heterocycles. The topological polar surface area (TPSA) is 122 Å². The standard InChI is InChI=1S/C26H26N4O6/c1-4-14-7-5-8-15-22(14)27-25(33)26(15)21-20(16-9-6-10-28(16)26)23(31)29(24(21)32)17-12-19(36-3)18(30(34)35)11-13(17)2/h5,7-8,11-12,16,20-21H,4,6,9-10H2,1-3H3,(H,27,33)/t16-,20-,21-,26+/m1/s1. The van der Waals surface area contributed by atoms with E-state index in [0.29, 0.717) is 18.5 Å². The zero-order chi connectivity index (χ0) is 25.5. The van der Waals surface area contributed by atoms with Crippen molar-refractivity contribution in [3.8, 4) is 5.75 Å². The van der Waals surface area contributed by atoms with Gasteiger partial charge in [-0.1, -0.05) is 25.1 Å². The first-order valence-electron chi connectivity index (χ1n) is 12.2. The second kappa shape index (κ2) is 7.60. The number of ether oxygens (including phenoxy) is 1. The van der Waals surface area contributed by atoms with E-state index in [9.17, 15) is 24.5 Å². The molecular formula is C26H26N4O6. The van der Waals surface area contributed by atoms with Crippen molar-refractivity contribution in [2.24, 2.45) is 11.8 Å². The first kappa shape index (κ1) is 22.7. The van der Waals surface area contributed by atoms with Crippen molar-refractivity contribution in [3.63, 3.8) is 0 Å². The lowest BCUT2D eigenvalue weighted by Crippen LogP contribution is -2.54. The van der Waals surface area contributed by atoms with Gasteiger partial charge in [-0.2, -0.15) is 0 Å². The lowest BCUT2D eigenvalue weighted by Gasteiger charge is -2.36. The molecule has 2 aromatic carbocycles. The van der Waals surface area contributed by atoms with Gasteiger partial charge in [0.05, 0.1) is 29.6 Å². The van der Waals surface area contributed by atoms with E-state index in [4.69, 9.17) is 4.74 Å². The van der Waals surface area contributed by atoms with Gasteiger partial charge in [0.1, 0.15) is 5.54 Å². The molecule has 0 radical (unpaired) electrons. The van der Waals surface area contributed by atoms with E-state index in [-0.39, 0.29) is 35.0 Å². The number of fused-ring (bicyclic) bond motifs is 7. The fraction of sp³-hybridized carbons (Fsp3) is 0.423. The van der Waals surface area contributed by atoms with Crippen LogP contribution in [0.15, 0.2) is 30.3 Å². The molecule has 0 aromatic heterocycles. The summed E-state index contributed by atoms with van der Waals surface area (Å²) in [4.78, 5) is 56.2. The van der Waals surface area contributed by atoms with E-state index < -0.39 is 28.2 Å². The summed E-state index contributed by atoms with van der Waals surface area (Å²) in [5.41, 5.74) is 1.64. The Morgan fingerprint density at radius 3 is 2.69 bits per heavy atom. The molecule has 10 heteroatoms. The number of rotatable bonds is 4. The Bertz CT molecular complexity index is 1370. The number of amides is 3. The quantitative estimate of drug-likeness (QED) is 0.397. The van der Waals surface area contributed by atoms with Crippen molar-refractivity contribution in [2.45, 2.75) is 44.7 Å². The molecule has 2 aromatic rings. The van der Waals surface area contributed by atoms with Gasteiger partial charge in [-0.3, -0.25) is 29.4 Å². The molecule has 186 valence electrons. The van der Waals surface area contributed by atoms with Crippen molar-refractivity contribution < 1.29 is 24.0 Å². The predicted octanol–water partition coefficient (Wildman–Crippen LogP) is 2.91. The summed E-state index contributed by atoms with van der Waals surface area (Å²) in [6.07, 6.45) is 2.27. The Kier molecular flexibility index (Phi) is 4.79. The number of carbonyl (C=O) groups is 3. The predicted molar refractivity (Wildman–Crippen MR) is 130 cm³/mol. The third kappa shape index (κ3) is 2.57. The van der Waals surface area contributed by atoms with Gasteiger partial charge in [0.2, 0.25) is 17.7 Å². The summed E-state index contributed by atoms with van der Waals surface area (Å²) in [7, 11) is 1.31. The molecule has 10 nitrogen and oxygen atoms in total. The normalized spacial score (nSPS) is 28.5. The van der Waals surface area contributed by atoms with Gasteiger partial charge < -0.3 is 10.1 Å². The molecule has 0 aliphatic carbocycles. The van der Waals surface area contributed by atoms with E-state index in [1.165, 1.54) is 19.2 Å². The minimum atomic E-state index is -1.26. The molecule has 4 atom stereocenters. The molecule has 3 saturated heterocycles. The van der Waals surface area contributed by atoms with E-state index in [1.54, 1.807) is 6.92 Å². The summed E-state index contributed by atoms with van der Waals surface area (Å²) >= 11 is 0. The summed E-state index contributed by atoms with van der Waals surface area (Å²) in [5, 5.41) is 14.5. The van der Waals surface area contributed by atoms with Crippen LogP contribution in [0.3, 0.4) is 0 Å². The van der Waals surface area contributed by atoms with Crippen LogP contribution in [-0.2, 0) is 26.3 Å². The molecule has 0 bridgehead atoms. The van der Waals surface area contributed by atoms with Crippen LogP contribution in [0.2, 0.25) is 0 Å². The zero-order valence-corrected chi connectivity index (χ0v) is 20.2. The number of nitrogens with zero attached hydrogens (tertiary/aromatic N) is 3. The number of hydrogen-bond acceptors (Lipinski definition) is 7. The molecule has 1 N–H and O–H groups in total. The van der Waals surface area contributed by atoms with Gasteiger partial charge in [0.25, 0.3) is 0 Å². The maximum atomic E-state index is 14.2. The molecular weight excluding hydrogens is 464 g/mol. The van der Waals surface area contributed by atoms with E-state index in [2.05, 4.69) is 10.2 Å². The third-order valence-electron chi connectivity index (χ3n) is 8.43. The van der Waals surface area contributed by atoms with E-state index in [0.717, 1.165) is 34.6 Å². The molecule has 1 spiro atoms. The largest absolute Gasteiger partial charge is 0.490 e. The molecule has 0 unspecified atom stereocenters. The molecule has 4 aliphatic heterocycles. The van der Waals surface area contributed by atoms with Crippen LogP contribution in [-0.4, -0.2) is 47.2 Å². The van der Waals surface area contributed by atoms with E-state index >= 15 is 0 Å². The van der Waals surface area contributed by atoms with Crippen molar-refractivity contribution in [3.05, 3.63) is 57.1 Å². The molecule has 6 rings (SSSR count). The van der Waals surface area contributed by atoms with Crippen LogP contribution in [0.4, 0.5) is 17.1 Å². The van der Waals surface area contributed by atoms with Gasteiger partial charge >= 0.3 is 5.69 Å². The smallest absolute Gasteiger partial charge is 0.311 e. The number of nitro groups is 1. The van der Waals surface area contributed by atoms with Crippen LogP contribution in [0.25, 0.3) is 0 Å². The fourth-order valence-electron chi connectivity index (χ4n) is 7.03. The number of carbonyl (C=O) groups excluding carboxylic acids is 3. The van der Waals surface area contributed by atoms with Gasteiger partial charge in [0.15, 0.2) is 5.75 Å². The highest BCUT2D eigenvalue weighted by atomic mass is 16.6. The average Bonchev–Trinajstić information content (AvgIpc) is 3.57. The Morgan fingerprint density at radius 1 is 1.22 bits per heavy atom. The summed E-state index contributed by atoms with van der Waals surface area (Å²) < 4.78 is 5.21. The molecule has 0 saturated carbocycles. The van der Waals surface area contributed by atoms with Crippen LogP contribution in [0, 0.1) is 28.9 Å². The number of benzene rings is 2. The molecule has 36 heavy (non-hydrogen) atoms. The number of hydrogen-bond donors (Lipinski definition) is 1. The Balaban J connectivity index is 1.54. The first-order valence-corrected chi connectivity index (χ1v) is 12.2. The highest BCUT2D eigenvalue weighted by molar-refractivity contribution is 6.26. The molecule has 3 fully saturated rings. The summed E-state index contributed by atoms with van der Waals surface area (Å²) in [6.45, 7) is 4.27. The Hall–Kier alpha value is -3.79. The van der Waals surface area contributed by atoms with Gasteiger partial charge in [0, 0.05) is 29.4 Å². The fourth-order valence-corrected chi connectivity index (χ4v) is 7.03. The van der Waals surface area contributed by atoms with Gasteiger partial charge in [-0.25, -0.2) is 4.90 Å². The Morgan fingerprint density at radius 2 is 2.00 bits per heavy atom. The maximum absolute atomic E-state index is 14.2. The highest BCUT2D eigenvalue weighted by Gasteiger charge is 2.74. The van der Waals surface area contributed by atoms with Crippen LogP contribution in [0.1, 0.15) is 36.5 Å². The van der Waals surface area contributed by atoms with Crippen LogP contribution < -0.4 is 15.0 Å². The molecule has 3 amide bonds. The lowest BCUT2D eigenvalue weighted by molar-refractivity contribution is -0.385. The van der Waals surface area contributed by atoms with E-state index in [1.807, 2.05) is 25.1 Å². The number of para-hydroxylation sites is 1. The van der Waals surface area contributed by atoms with Crippen molar-refractivity contribution in [1.29, 1.82) is 0 Å². The van der Waals surface area contributed by atoms with Crippen LogP contribution >= 0.6 is 0 Å². The summed E-state index contributed by atoms with van der Waals surface area (Å²) in [6, 6.07) is 8.21. The minimum absolute atomic E-state index is 0.0352. The highest BCUT2D eigenvalue weighted by Crippen LogP contribution is 2.61.